The van der Waals surface area contributed by atoms with Crippen LogP contribution >= 0.6 is 0 Å². The third-order valence-electron chi connectivity index (χ3n) is 2.72. The van der Waals surface area contributed by atoms with Crippen LogP contribution in [0.2, 0.25) is 0 Å². The second kappa shape index (κ2) is 5.58. The molecule has 1 aliphatic rings. The quantitative estimate of drug-likeness (QED) is 0.665. The summed E-state index contributed by atoms with van der Waals surface area (Å²) in [5.74, 6) is 0.403. The summed E-state index contributed by atoms with van der Waals surface area (Å²) in [6, 6.07) is 0.608. The lowest BCUT2D eigenvalue weighted by atomic mass is 10.1. The summed E-state index contributed by atoms with van der Waals surface area (Å²) in [7, 11) is 0. The van der Waals surface area contributed by atoms with Gasteiger partial charge in [0.15, 0.2) is 0 Å². The van der Waals surface area contributed by atoms with E-state index in [1.54, 1.807) is 0 Å². The average molecular weight is 186 g/mol. The fourth-order valence-electron chi connectivity index (χ4n) is 1.80. The molecule has 2 N–H and O–H groups in total. The average Bonchev–Trinajstić information content (AvgIpc) is 2.32. The Labute approximate surface area is 81.1 Å². The van der Waals surface area contributed by atoms with Crippen LogP contribution < -0.4 is 5.32 Å². The molecule has 0 aliphatic carbocycles. The van der Waals surface area contributed by atoms with E-state index in [2.05, 4.69) is 24.1 Å². The van der Waals surface area contributed by atoms with Crippen LogP contribution in [0.1, 0.15) is 20.3 Å². The van der Waals surface area contributed by atoms with E-state index in [1.807, 2.05) is 0 Å². The highest BCUT2D eigenvalue weighted by molar-refractivity contribution is 4.75. The minimum atomic E-state index is 0.302. The predicted molar refractivity (Wildman–Crippen MR) is 54.8 cm³/mol. The van der Waals surface area contributed by atoms with Crippen LogP contribution in [0.15, 0.2) is 0 Å². The number of aliphatic hydroxyl groups excluding tert-OH is 1. The van der Waals surface area contributed by atoms with E-state index < -0.39 is 0 Å². The van der Waals surface area contributed by atoms with Gasteiger partial charge >= 0.3 is 0 Å². The lowest BCUT2D eigenvalue weighted by molar-refractivity contribution is 0.150. The SMILES string of the molecule is CC(CO)CN1CCCNCC1C. The maximum absolute atomic E-state index is 8.98. The third-order valence-corrected chi connectivity index (χ3v) is 2.72. The molecule has 1 heterocycles. The molecule has 0 aromatic carbocycles. The Hall–Kier alpha value is -0.120. The van der Waals surface area contributed by atoms with Gasteiger partial charge in [-0.05, 0) is 32.4 Å². The molecule has 2 unspecified atom stereocenters. The lowest BCUT2D eigenvalue weighted by Gasteiger charge is -2.28. The van der Waals surface area contributed by atoms with E-state index in [0.29, 0.717) is 18.6 Å². The number of nitrogens with zero attached hydrogens (tertiary/aromatic N) is 1. The van der Waals surface area contributed by atoms with Crippen molar-refractivity contribution in [1.29, 1.82) is 0 Å². The maximum Gasteiger partial charge on any atom is 0.0468 e. The molecule has 1 aliphatic heterocycles. The van der Waals surface area contributed by atoms with E-state index >= 15 is 0 Å². The number of hydrogen-bond donors (Lipinski definition) is 2. The Balaban J connectivity index is 2.35. The summed E-state index contributed by atoms with van der Waals surface area (Å²) >= 11 is 0. The van der Waals surface area contributed by atoms with E-state index in [9.17, 15) is 0 Å². The van der Waals surface area contributed by atoms with Crippen LogP contribution in [-0.4, -0.2) is 48.8 Å². The molecule has 0 bridgehead atoms. The molecule has 2 atom stereocenters. The van der Waals surface area contributed by atoms with Crippen LogP contribution in [0.3, 0.4) is 0 Å². The zero-order valence-electron chi connectivity index (χ0n) is 8.79. The van der Waals surface area contributed by atoms with Gasteiger partial charge in [0.2, 0.25) is 0 Å². The summed E-state index contributed by atoms with van der Waals surface area (Å²) in [4.78, 5) is 2.47. The zero-order chi connectivity index (χ0) is 9.68. The fourth-order valence-corrected chi connectivity index (χ4v) is 1.80. The van der Waals surface area contributed by atoms with Crippen molar-refractivity contribution in [2.24, 2.45) is 5.92 Å². The number of hydrogen-bond acceptors (Lipinski definition) is 3. The van der Waals surface area contributed by atoms with E-state index in [0.717, 1.165) is 19.6 Å². The van der Waals surface area contributed by atoms with Gasteiger partial charge in [-0.15, -0.1) is 0 Å². The molecule has 78 valence electrons. The van der Waals surface area contributed by atoms with E-state index in [4.69, 9.17) is 5.11 Å². The highest BCUT2D eigenvalue weighted by Crippen LogP contribution is 2.07. The fraction of sp³-hybridized carbons (Fsp3) is 1.00. The van der Waals surface area contributed by atoms with Gasteiger partial charge in [0, 0.05) is 25.7 Å². The van der Waals surface area contributed by atoms with E-state index in [-0.39, 0.29) is 0 Å². The summed E-state index contributed by atoms with van der Waals surface area (Å²) in [5, 5.41) is 12.4. The van der Waals surface area contributed by atoms with Crippen LogP contribution in [0, 0.1) is 5.92 Å². The second-order valence-corrected chi connectivity index (χ2v) is 4.19. The molecule has 3 nitrogen and oxygen atoms in total. The molecule has 1 rings (SSSR count). The highest BCUT2D eigenvalue weighted by atomic mass is 16.3. The Morgan fingerprint density at radius 3 is 3.08 bits per heavy atom. The maximum atomic E-state index is 8.98. The number of nitrogens with one attached hydrogen (secondary N) is 1. The van der Waals surface area contributed by atoms with Gasteiger partial charge < -0.3 is 10.4 Å². The van der Waals surface area contributed by atoms with Crippen LogP contribution in [-0.2, 0) is 0 Å². The largest absolute Gasteiger partial charge is 0.396 e. The molecule has 0 saturated carbocycles. The first-order valence-electron chi connectivity index (χ1n) is 5.29. The third kappa shape index (κ3) is 3.63. The standard InChI is InChI=1S/C10H22N2O/c1-9(8-13)7-12-5-3-4-11-6-10(12)2/h9-11,13H,3-8H2,1-2H3. The zero-order valence-corrected chi connectivity index (χ0v) is 8.79. The first kappa shape index (κ1) is 11.0. The van der Waals surface area contributed by atoms with Crippen LogP contribution in [0.25, 0.3) is 0 Å². The molecule has 1 saturated heterocycles. The van der Waals surface area contributed by atoms with E-state index in [1.165, 1.54) is 13.0 Å². The Bertz CT molecular complexity index is 141. The van der Waals surface area contributed by atoms with Gasteiger partial charge in [0.25, 0.3) is 0 Å². The van der Waals surface area contributed by atoms with Crippen molar-refractivity contribution >= 4 is 0 Å². The minimum Gasteiger partial charge on any atom is -0.396 e. The minimum absolute atomic E-state index is 0.302. The van der Waals surface area contributed by atoms with Crippen molar-refractivity contribution in [3.05, 3.63) is 0 Å². The predicted octanol–water partition coefficient (Wildman–Crippen LogP) is 0.299. The summed E-state index contributed by atoms with van der Waals surface area (Å²) in [6.45, 7) is 9.06. The second-order valence-electron chi connectivity index (χ2n) is 4.19. The van der Waals surface area contributed by atoms with Gasteiger partial charge in [-0.25, -0.2) is 0 Å². The molecule has 3 heteroatoms. The summed E-state index contributed by atoms with van der Waals surface area (Å²) < 4.78 is 0. The Kier molecular flexibility index (Phi) is 4.70. The van der Waals surface area contributed by atoms with Gasteiger partial charge in [-0.3, -0.25) is 4.90 Å². The van der Waals surface area contributed by atoms with Crippen LogP contribution in [0.4, 0.5) is 0 Å². The molecule has 0 aromatic rings. The van der Waals surface area contributed by atoms with Gasteiger partial charge in [0.1, 0.15) is 0 Å². The molecular formula is C10H22N2O. The molecule has 0 amide bonds. The first-order valence-corrected chi connectivity index (χ1v) is 5.29. The Morgan fingerprint density at radius 1 is 1.62 bits per heavy atom. The van der Waals surface area contributed by atoms with Crippen molar-refractivity contribution in [3.8, 4) is 0 Å². The smallest absolute Gasteiger partial charge is 0.0468 e. The number of rotatable bonds is 3. The lowest BCUT2D eigenvalue weighted by Crippen LogP contribution is -2.40. The van der Waals surface area contributed by atoms with Crippen LogP contribution in [0.5, 0.6) is 0 Å². The van der Waals surface area contributed by atoms with Crippen molar-refractivity contribution < 1.29 is 5.11 Å². The molecule has 0 radical (unpaired) electrons. The topological polar surface area (TPSA) is 35.5 Å². The van der Waals surface area contributed by atoms with Gasteiger partial charge in [-0.1, -0.05) is 6.92 Å². The Morgan fingerprint density at radius 2 is 2.38 bits per heavy atom. The molecular weight excluding hydrogens is 164 g/mol. The first-order chi connectivity index (χ1) is 6.24. The van der Waals surface area contributed by atoms with Crippen molar-refractivity contribution in [2.45, 2.75) is 26.3 Å². The monoisotopic (exact) mass is 186 g/mol. The van der Waals surface area contributed by atoms with Crippen molar-refractivity contribution in [3.63, 3.8) is 0 Å². The summed E-state index contributed by atoms with van der Waals surface area (Å²) in [6.07, 6.45) is 1.22. The summed E-state index contributed by atoms with van der Waals surface area (Å²) in [5.41, 5.74) is 0. The highest BCUT2D eigenvalue weighted by Gasteiger charge is 2.17. The molecule has 0 aromatic heterocycles. The van der Waals surface area contributed by atoms with Crippen molar-refractivity contribution in [2.75, 3.05) is 32.8 Å². The number of aliphatic hydroxyl groups is 1. The van der Waals surface area contributed by atoms with Gasteiger partial charge in [0.05, 0.1) is 0 Å². The molecule has 13 heavy (non-hydrogen) atoms. The molecule has 0 spiro atoms. The molecule has 1 fully saturated rings. The van der Waals surface area contributed by atoms with Gasteiger partial charge in [-0.2, -0.15) is 0 Å². The normalized spacial score (nSPS) is 28.4. The van der Waals surface area contributed by atoms with Crippen molar-refractivity contribution in [1.82, 2.24) is 10.2 Å².